The Bertz CT molecular complexity index is 494. The van der Waals surface area contributed by atoms with Crippen LogP contribution in [0.4, 0.5) is 5.69 Å². The van der Waals surface area contributed by atoms with Gasteiger partial charge in [0.05, 0.1) is 0 Å². The molecule has 0 aromatic heterocycles. The molecule has 0 N–H and O–H groups in total. The zero-order valence-electron chi connectivity index (χ0n) is 13.2. The van der Waals surface area contributed by atoms with Gasteiger partial charge in [0.2, 0.25) is 0 Å². The number of hydrogen-bond acceptors (Lipinski definition) is 1. The highest BCUT2D eigenvalue weighted by Crippen LogP contribution is 2.35. The summed E-state index contributed by atoms with van der Waals surface area (Å²) < 4.78 is 0. The van der Waals surface area contributed by atoms with Crippen molar-refractivity contribution in [3.63, 3.8) is 0 Å². The lowest BCUT2D eigenvalue weighted by molar-refractivity contribution is 0.534. The van der Waals surface area contributed by atoms with Crippen molar-refractivity contribution in [3.05, 3.63) is 48.6 Å². The molecule has 1 nitrogen and oxygen atoms in total. The van der Waals surface area contributed by atoms with E-state index < -0.39 is 0 Å². The number of anilines is 1. The van der Waals surface area contributed by atoms with Gasteiger partial charge in [-0.05, 0) is 47.8 Å². The SMILES string of the molecule is C=CCC(C)(C)c1ccc(C=C)c(N(C)CC2CC2)c1. The fraction of sp³-hybridized carbons (Fsp3) is 0.474. The van der Waals surface area contributed by atoms with E-state index in [4.69, 9.17) is 0 Å². The van der Waals surface area contributed by atoms with E-state index in [1.54, 1.807) is 0 Å². The number of hydrogen-bond donors (Lipinski definition) is 0. The molecule has 1 aromatic carbocycles. The van der Waals surface area contributed by atoms with E-state index in [1.165, 1.54) is 29.7 Å². The standard InChI is InChI=1S/C19H27N/c1-6-12-19(3,4)17-11-10-16(7-2)18(13-17)20(5)14-15-8-9-15/h6-7,10-11,13,15H,1-2,8-9,12,14H2,3-5H3. The van der Waals surface area contributed by atoms with Crippen LogP contribution in [-0.2, 0) is 5.41 Å². The van der Waals surface area contributed by atoms with Crippen LogP contribution in [0.3, 0.4) is 0 Å². The van der Waals surface area contributed by atoms with E-state index in [0.29, 0.717) is 0 Å². The van der Waals surface area contributed by atoms with E-state index in [2.05, 4.69) is 57.2 Å². The fourth-order valence-corrected chi connectivity index (χ4v) is 2.73. The van der Waals surface area contributed by atoms with Crippen LogP contribution in [-0.4, -0.2) is 13.6 Å². The minimum atomic E-state index is 0.136. The van der Waals surface area contributed by atoms with E-state index >= 15 is 0 Å². The number of nitrogens with zero attached hydrogens (tertiary/aromatic N) is 1. The maximum absolute atomic E-state index is 3.95. The third-order valence-electron chi connectivity index (χ3n) is 4.33. The second-order valence-corrected chi connectivity index (χ2v) is 6.68. The van der Waals surface area contributed by atoms with Crippen LogP contribution >= 0.6 is 0 Å². The zero-order chi connectivity index (χ0) is 14.8. The molecule has 1 heteroatoms. The molecule has 0 atom stereocenters. The van der Waals surface area contributed by atoms with Gasteiger partial charge in [0, 0.05) is 19.3 Å². The number of rotatable bonds is 7. The first-order chi connectivity index (χ1) is 9.47. The summed E-state index contributed by atoms with van der Waals surface area (Å²) in [4.78, 5) is 2.39. The van der Waals surface area contributed by atoms with Crippen LogP contribution in [0.2, 0.25) is 0 Å². The molecule has 0 bridgehead atoms. The van der Waals surface area contributed by atoms with Gasteiger partial charge in [0.25, 0.3) is 0 Å². The Balaban J connectivity index is 2.32. The van der Waals surface area contributed by atoms with E-state index in [9.17, 15) is 0 Å². The molecule has 0 spiro atoms. The molecule has 1 aliphatic carbocycles. The predicted octanol–water partition coefficient (Wildman–Crippen LogP) is 5.03. The summed E-state index contributed by atoms with van der Waals surface area (Å²) in [5.41, 5.74) is 4.05. The lowest BCUT2D eigenvalue weighted by Gasteiger charge is -2.28. The van der Waals surface area contributed by atoms with Gasteiger partial charge >= 0.3 is 0 Å². The summed E-state index contributed by atoms with van der Waals surface area (Å²) >= 11 is 0. The van der Waals surface area contributed by atoms with E-state index in [0.717, 1.165) is 18.9 Å². The lowest BCUT2D eigenvalue weighted by Crippen LogP contribution is -2.22. The highest BCUT2D eigenvalue weighted by atomic mass is 15.1. The van der Waals surface area contributed by atoms with Crippen molar-refractivity contribution < 1.29 is 0 Å². The van der Waals surface area contributed by atoms with Gasteiger partial charge in [0.1, 0.15) is 0 Å². The third kappa shape index (κ3) is 3.33. The molecule has 1 aromatic rings. The van der Waals surface area contributed by atoms with Gasteiger partial charge in [-0.25, -0.2) is 0 Å². The van der Waals surface area contributed by atoms with Crippen LogP contribution in [0.5, 0.6) is 0 Å². The molecule has 0 saturated heterocycles. The number of allylic oxidation sites excluding steroid dienone is 1. The van der Waals surface area contributed by atoms with Crippen molar-refractivity contribution in [1.82, 2.24) is 0 Å². The molecule has 0 heterocycles. The summed E-state index contributed by atoms with van der Waals surface area (Å²) in [6.07, 6.45) is 7.73. The Kier molecular flexibility index (Phi) is 4.37. The average Bonchev–Trinajstić information content (AvgIpc) is 3.21. The highest BCUT2D eigenvalue weighted by molar-refractivity contribution is 5.68. The van der Waals surface area contributed by atoms with Crippen LogP contribution in [0, 0.1) is 5.92 Å². The summed E-state index contributed by atoms with van der Waals surface area (Å²) in [5.74, 6) is 0.891. The molecule has 2 rings (SSSR count). The Morgan fingerprint density at radius 2 is 2.00 bits per heavy atom. The summed E-state index contributed by atoms with van der Waals surface area (Å²) in [6, 6.07) is 6.77. The molecular formula is C19H27N. The van der Waals surface area contributed by atoms with Crippen LogP contribution < -0.4 is 4.90 Å². The quantitative estimate of drug-likeness (QED) is 0.628. The number of benzene rings is 1. The second-order valence-electron chi connectivity index (χ2n) is 6.68. The molecule has 0 unspecified atom stereocenters. The second kappa shape index (κ2) is 5.87. The maximum atomic E-state index is 3.95. The first-order valence-corrected chi connectivity index (χ1v) is 7.57. The molecule has 1 aliphatic rings. The zero-order valence-corrected chi connectivity index (χ0v) is 13.2. The molecule has 0 aliphatic heterocycles. The average molecular weight is 269 g/mol. The monoisotopic (exact) mass is 269 g/mol. The largest absolute Gasteiger partial charge is 0.374 e. The van der Waals surface area contributed by atoms with Gasteiger partial charge in [0.15, 0.2) is 0 Å². The van der Waals surface area contributed by atoms with E-state index in [1.807, 2.05) is 12.2 Å². The van der Waals surface area contributed by atoms with Gasteiger partial charge in [-0.2, -0.15) is 0 Å². The van der Waals surface area contributed by atoms with Crippen molar-refractivity contribution in [1.29, 1.82) is 0 Å². The van der Waals surface area contributed by atoms with Gasteiger partial charge in [-0.15, -0.1) is 6.58 Å². The van der Waals surface area contributed by atoms with Crippen molar-refractivity contribution >= 4 is 11.8 Å². The fourth-order valence-electron chi connectivity index (χ4n) is 2.73. The third-order valence-corrected chi connectivity index (χ3v) is 4.33. The maximum Gasteiger partial charge on any atom is 0.0440 e. The molecule has 0 amide bonds. The summed E-state index contributed by atoms with van der Waals surface area (Å²) in [6.45, 7) is 13.6. The van der Waals surface area contributed by atoms with Crippen LogP contribution in [0.25, 0.3) is 6.08 Å². The molecule has 20 heavy (non-hydrogen) atoms. The molecule has 0 radical (unpaired) electrons. The van der Waals surface area contributed by atoms with Crippen molar-refractivity contribution in [3.8, 4) is 0 Å². The Labute approximate surface area is 124 Å². The molecular weight excluding hydrogens is 242 g/mol. The van der Waals surface area contributed by atoms with Crippen LogP contribution in [0.15, 0.2) is 37.4 Å². The Morgan fingerprint density at radius 3 is 2.55 bits per heavy atom. The lowest BCUT2D eigenvalue weighted by atomic mass is 9.81. The molecule has 1 saturated carbocycles. The van der Waals surface area contributed by atoms with Crippen LogP contribution in [0.1, 0.15) is 44.2 Å². The smallest absolute Gasteiger partial charge is 0.0440 e. The van der Waals surface area contributed by atoms with E-state index in [-0.39, 0.29) is 5.41 Å². The Hall–Kier alpha value is -1.50. The van der Waals surface area contributed by atoms with Gasteiger partial charge < -0.3 is 4.90 Å². The minimum Gasteiger partial charge on any atom is -0.374 e. The van der Waals surface area contributed by atoms with Crippen molar-refractivity contribution in [2.75, 3.05) is 18.5 Å². The first kappa shape index (κ1) is 14.9. The predicted molar refractivity (Wildman–Crippen MR) is 90.4 cm³/mol. The Morgan fingerprint density at radius 1 is 1.30 bits per heavy atom. The summed E-state index contributed by atoms with van der Waals surface area (Å²) in [7, 11) is 2.20. The first-order valence-electron chi connectivity index (χ1n) is 7.57. The topological polar surface area (TPSA) is 3.24 Å². The molecule has 1 fully saturated rings. The van der Waals surface area contributed by atoms with Crippen molar-refractivity contribution in [2.24, 2.45) is 5.92 Å². The normalized spacial score (nSPS) is 14.9. The van der Waals surface area contributed by atoms with Gasteiger partial charge in [-0.3, -0.25) is 0 Å². The van der Waals surface area contributed by atoms with Crippen molar-refractivity contribution in [2.45, 2.75) is 38.5 Å². The highest BCUT2D eigenvalue weighted by Gasteiger charge is 2.25. The summed E-state index contributed by atoms with van der Waals surface area (Å²) in [5, 5.41) is 0. The molecule has 108 valence electrons. The minimum absolute atomic E-state index is 0.136. The van der Waals surface area contributed by atoms with Gasteiger partial charge in [-0.1, -0.05) is 44.7 Å².